The fraction of sp³-hybridized carbons (Fsp3) is 0.500. The molecule has 104 valence electrons. The van der Waals surface area contributed by atoms with Gasteiger partial charge in [0.15, 0.2) is 5.82 Å². The summed E-state index contributed by atoms with van der Waals surface area (Å²) < 4.78 is 12.8. The Labute approximate surface area is 111 Å². The third-order valence-corrected chi connectivity index (χ3v) is 2.41. The number of imidazole rings is 1. The molecule has 2 rings (SSSR count). The lowest BCUT2D eigenvalue weighted by Crippen LogP contribution is -2.13. The average molecular weight is 265 g/mol. The number of fused-ring (bicyclic) bond motifs is 1. The molecule has 0 saturated carbocycles. The highest BCUT2D eigenvalue weighted by Crippen LogP contribution is 2.17. The van der Waals surface area contributed by atoms with Crippen molar-refractivity contribution in [2.75, 3.05) is 25.2 Å². The zero-order valence-electron chi connectivity index (χ0n) is 11.2. The Bertz CT molecular complexity index is 526. The molecule has 0 aromatic carbocycles. The summed E-state index contributed by atoms with van der Waals surface area (Å²) in [6.07, 6.45) is 5.23. The maximum Gasteiger partial charge on any atom is 0.260 e. The van der Waals surface area contributed by atoms with E-state index in [2.05, 4.69) is 29.2 Å². The third-order valence-electron chi connectivity index (χ3n) is 2.41. The van der Waals surface area contributed by atoms with Crippen LogP contribution in [0.1, 0.15) is 13.8 Å². The van der Waals surface area contributed by atoms with Gasteiger partial charge in [-0.3, -0.25) is 4.40 Å². The van der Waals surface area contributed by atoms with E-state index in [0.29, 0.717) is 36.5 Å². The molecule has 7 nitrogen and oxygen atoms in total. The number of hydrogen-bond donors (Lipinski definition) is 2. The lowest BCUT2D eigenvalue weighted by atomic mass is 10.2. The minimum atomic E-state index is 0.427. The smallest absolute Gasteiger partial charge is 0.260 e. The SMILES string of the molecule is CC(C)COCCOc1nc(NN)cn2ccnc12. The summed E-state index contributed by atoms with van der Waals surface area (Å²) in [5, 5.41) is 0. The van der Waals surface area contributed by atoms with Gasteiger partial charge in [-0.1, -0.05) is 13.8 Å². The number of hydrogen-bond acceptors (Lipinski definition) is 6. The van der Waals surface area contributed by atoms with E-state index in [-0.39, 0.29) is 0 Å². The van der Waals surface area contributed by atoms with Crippen molar-refractivity contribution in [3.05, 3.63) is 18.6 Å². The molecular weight excluding hydrogens is 246 g/mol. The maximum atomic E-state index is 5.59. The predicted octanol–water partition coefficient (Wildman–Crippen LogP) is 1.07. The van der Waals surface area contributed by atoms with Gasteiger partial charge in [0.05, 0.1) is 12.8 Å². The summed E-state index contributed by atoms with van der Waals surface area (Å²) in [5.74, 6) is 6.83. The molecule has 7 heteroatoms. The van der Waals surface area contributed by atoms with Gasteiger partial charge in [0.2, 0.25) is 5.65 Å². The third kappa shape index (κ3) is 3.55. The summed E-state index contributed by atoms with van der Waals surface area (Å²) in [6, 6.07) is 0. The first-order chi connectivity index (χ1) is 9.20. The van der Waals surface area contributed by atoms with Crippen LogP contribution < -0.4 is 16.0 Å². The first-order valence-corrected chi connectivity index (χ1v) is 6.21. The first-order valence-electron chi connectivity index (χ1n) is 6.21. The van der Waals surface area contributed by atoms with Gasteiger partial charge in [-0.2, -0.15) is 4.98 Å². The summed E-state index contributed by atoms with van der Waals surface area (Å²) in [5.41, 5.74) is 3.15. The van der Waals surface area contributed by atoms with Crippen LogP contribution in [0, 0.1) is 5.92 Å². The van der Waals surface area contributed by atoms with Gasteiger partial charge in [0.25, 0.3) is 5.88 Å². The number of ether oxygens (including phenoxy) is 2. The normalized spacial score (nSPS) is 11.2. The second-order valence-corrected chi connectivity index (χ2v) is 4.55. The van der Waals surface area contributed by atoms with Crippen molar-refractivity contribution >= 4 is 11.5 Å². The number of nitrogen functional groups attached to an aromatic ring is 1. The van der Waals surface area contributed by atoms with Crippen molar-refractivity contribution in [1.29, 1.82) is 0 Å². The zero-order chi connectivity index (χ0) is 13.7. The molecule has 0 saturated heterocycles. The Kier molecular flexibility index (Phi) is 4.53. The molecule has 0 fully saturated rings. The van der Waals surface area contributed by atoms with E-state index in [4.69, 9.17) is 15.3 Å². The Morgan fingerprint density at radius 3 is 3.00 bits per heavy atom. The summed E-state index contributed by atoms with van der Waals surface area (Å²) in [4.78, 5) is 8.41. The topological polar surface area (TPSA) is 86.7 Å². The van der Waals surface area contributed by atoms with Crippen LogP contribution in [-0.2, 0) is 4.74 Å². The molecule has 0 aliphatic heterocycles. The molecule has 19 heavy (non-hydrogen) atoms. The van der Waals surface area contributed by atoms with Gasteiger partial charge in [-0.05, 0) is 5.92 Å². The average Bonchev–Trinajstić information content (AvgIpc) is 2.85. The van der Waals surface area contributed by atoms with Gasteiger partial charge in [0, 0.05) is 19.0 Å². The van der Waals surface area contributed by atoms with E-state index in [1.807, 2.05) is 0 Å². The molecule has 3 N–H and O–H groups in total. The van der Waals surface area contributed by atoms with Crippen molar-refractivity contribution in [2.24, 2.45) is 11.8 Å². The van der Waals surface area contributed by atoms with E-state index in [0.717, 1.165) is 6.61 Å². The second-order valence-electron chi connectivity index (χ2n) is 4.55. The van der Waals surface area contributed by atoms with E-state index in [1.54, 1.807) is 23.0 Å². The molecular formula is C12H19N5O2. The largest absolute Gasteiger partial charge is 0.473 e. The van der Waals surface area contributed by atoms with Gasteiger partial charge in [0.1, 0.15) is 6.61 Å². The second kappa shape index (κ2) is 6.35. The van der Waals surface area contributed by atoms with Crippen molar-refractivity contribution in [3.63, 3.8) is 0 Å². The Balaban J connectivity index is 1.97. The highest BCUT2D eigenvalue weighted by molar-refractivity contribution is 5.53. The van der Waals surface area contributed by atoms with Crippen LogP contribution in [-0.4, -0.2) is 34.2 Å². The van der Waals surface area contributed by atoms with Gasteiger partial charge >= 0.3 is 0 Å². The van der Waals surface area contributed by atoms with E-state index >= 15 is 0 Å². The molecule has 2 heterocycles. The monoisotopic (exact) mass is 265 g/mol. The summed E-state index contributed by atoms with van der Waals surface area (Å²) in [7, 11) is 0. The number of anilines is 1. The number of rotatable bonds is 7. The first kappa shape index (κ1) is 13.6. The van der Waals surface area contributed by atoms with Gasteiger partial charge in [-0.25, -0.2) is 10.8 Å². The Hall–Kier alpha value is -1.86. The predicted molar refractivity (Wildman–Crippen MR) is 71.9 cm³/mol. The van der Waals surface area contributed by atoms with E-state index < -0.39 is 0 Å². The minimum Gasteiger partial charge on any atom is -0.473 e. The van der Waals surface area contributed by atoms with Crippen LogP contribution in [0.25, 0.3) is 5.65 Å². The molecule has 2 aromatic heterocycles. The Morgan fingerprint density at radius 1 is 1.42 bits per heavy atom. The molecule has 0 bridgehead atoms. The number of nitrogens with two attached hydrogens (primary N) is 1. The number of nitrogens with zero attached hydrogens (tertiary/aromatic N) is 3. The number of nitrogens with one attached hydrogen (secondary N) is 1. The zero-order valence-corrected chi connectivity index (χ0v) is 11.2. The van der Waals surface area contributed by atoms with Crippen LogP contribution in [0.3, 0.4) is 0 Å². The fourth-order valence-corrected chi connectivity index (χ4v) is 1.59. The molecule has 0 aliphatic rings. The van der Waals surface area contributed by atoms with Crippen molar-refractivity contribution < 1.29 is 9.47 Å². The lowest BCUT2D eigenvalue weighted by molar-refractivity contribution is 0.0809. The maximum absolute atomic E-state index is 5.59. The highest BCUT2D eigenvalue weighted by Gasteiger charge is 2.08. The van der Waals surface area contributed by atoms with Crippen LogP contribution in [0.5, 0.6) is 5.88 Å². The number of aromatic nitrogens is 3. The molecule has 0 spiro atoms. The van der Waals surface area contributed by atoms with Crippen molar-refractivity contribution in [3.8, 4) is 5.88 Å². The van der Waals surface area contributed by atoms with Crippen LogP contribution in [0.4, 0.5) is 5.82 Å². The van der Waals surface area contributed by atoms with Crippen molar-refractivity contribution in [1.82, 2.24) is 14.4 Å². The quantitative estimate of drug-likeness (QED) is 0.442. The van der Waals surface area contributed by atoms with Gasteiger partial charge < -0.3 is 14.9 Å². The fourth-order valence-electron chi connectivity index (χ4n) is 1.59. The molecule has 0 unspecified atom stereocenters. The Morgan fingerprint density at radius 2 is 2.26 bits per heavy atom. The van der Waals surface area contributed by atoms with Crippen LogP contribution in [0.2, 0.25) is 0 Å². The van der Waals surface area contributed by atoms with Crippen LogP contribution >= 0.6 is 0 Å². The molecule has 0 atom stereocenters. The molecule has 2 aromatic rings. The number of hydrazine groups is 1. The van der Waals surface area contributed by atoms with Crippen molar-refractivity contribution in [2.45, 2.75) is 13.8 Å². The lowest BCUT2D eigenvalue weighted by Gasteiger charge is -2.10. The van der Waals surface area contributed by atoms with E-state index in [9.17, 15) is 0 Å². The van der Waals surface area contributed by atoms with Gasteiger partial charge in [-0.15, -0.1) is 0 Å². The molecule has 0 radical (unpaired) electrons. The highest BCUT2D eigenvalue weighted by atomic mass is 16.5. The molecule has 0 amide bonds. The molecule has 0 aliphatic carbocycles. The standard InChI is InChI=1S/C12H19N5O2/c1-9(2)8-18-5-6-19-12-11-14-3-4-17(11)7-10(15-12)16-13/h3-4,7,9,16H,5-6,8,13H2,1-2H3. The summed E-state index contributed by atoms with van der Waals surface area (Å²) in [6.45, 7) is 5.88. The minimum absolute atomic E-state index is 0.427. The summed E-state index contributed by atoms with van der Waals surface area (Å²) >= 11 is 0. The van der Waals surface area contributed by atoms with E-state index in [1.165, 1.54) is 0 Å². The van der Waals surface area contributed by atoms with Crippen LogP contribution in [0.15, 0.2) is 18.6 Å².